The summed E-state index contributed by atoms with van der Waals surface area (Å²) in [5, 5.41) is 0. The lowest BCUT2D eigenvalue weighted by Crippen LogP contribution is -2.46. The Hall–Kier alpha value is -4.10. The molecule has 7 heteroatoms. The monoisotopic (exact) mass is 580 g/mol. The standard InChI is InChI=1S/C32H25BrN2O4/c1-18-8-13-24(19(2)16-18)35-31(38)26-25-17-22(29(36)20-6-4-3-5-7-20)14-15-34(25)28(27(26)32(35)39)30(37)21-9-11-23(33)12-10-21/h3-17,25-28H,1-2H3/t25-,26-,27-,28-/m0/s1. The highest BCUT2D eigenvalue weighted by atomic mass is 79.9. The second-order valence-corrected chi connectivity index (χ2v) is 11.2. The van der Waals surface area contributed by atoms with Crippen LogP contribution in [0.4, 0.5) is 5.69 Å². The van der Waals surface area contributed by atoms with Crippen molar-refractivity contribution in [2.24, 2.45) is 11.8 Å². The average Bonchev–Trinajstić information content (AvgIpc) is 3.40. The predicted octanol–water partition coefficient (Wildman–Crippen LogP) is 5.44. The number of benzene rings is 3. The zero-order valence-corrected chi connectivity index (χ0v) is 23.0. The van der Waals surface area contributed by atoms with Gasteiger partial charge >= 0.3 is 0 Å². The van der Waals surface area contributed by atoms with Crippen molar-refractivity contribution in [2.45, 2.75) is 25.9 Å². The van der Waals surface area contributed by atoms with E-state index in [4.69, 9.17) is 0 Å². The minimum Gasteiger partial charge on any atom is -0.359 e. The summed E-state index contributed by atoms with van der Waals surface area (Å²) >= 11 is 3.40. The second-order valence-electron chi connectivity index (χ2n) is 10.2. The zero-order valence-electron chi connectivity index (χ0n) is 21.4. The van der Waals surface area contributed by atoms with E-state index in [1.165, 1.54) is 4.90 Å². The summed E-state index contributed by atoms with van der Waals surface area (Å²) in [4.78, 5) is 58.3. The first kappa shape index (κ1) is 25.2. The number of imide groups is 1. The summed E-state index contributed by atoms with van der Waals surface area (Å²) in [5.74, 6) is -2.83. The van der Waals surface area contributed by atoms with E-state index >= 15 is 0 Å². The molecule has 4 atom stereocenters. The molecule has 0 bridgehead atoms. The fourth-order valence-corrected chi connectivity index (χ4v) is 6.30. The number of anilines is 1. The molecule has 3 aliphatic rings. The number of ketones is 2. The molecule has 0 aliphatic carbocycles. The molecular formula is C32H25BrN2O4. The third-order valence-corrected chi connectivity index (χ3v) is 8.37. The normalized spacial score (nSPS) is 23.5. The van der Waals surface area contributed by atoms with Crippen molar-refractivity contribution in [1.82, 2.24) is 4.90 Å². The molecule has 2 saturated heterocycles. The van der Waals surface area contributed by atoms with E-state index in [0.717, 1.165) is 15.6 Å². The number of hydrogen-bond donors (Lipinski definition) is 0. The van der Waals surface area contributed by atoms with Crippen LogP contribution in [-0.2, 0) is 9.59 Å². The third kappa shape index (κ3) is 4.08. The van der Waals surface area contributed by atoms with Gasteiger partial charge in [-0.1, -0.05) is 82.2 Å². The molecule has 3 aromatic carbocycles. The number of allylic oxidation sites excluding steroid dienone is 2. The van der Waals surface area contributed by atoms with Gasteiger partial charge in [-0.25, -0.2) is 4.90 Å². The van der Waals surface area contributed by atoms with Crippen LogP contribution in [0.5, 0.6) is 0 Å². The third-order valence-electron chi connectivity index (χ3n) is 7.84. The van der Waals surface area contributed by atoms with Crippen LogP contribution >= 0.6 is 15.9 Å². The number of hydrogen-bond acceptors (Lipinski definition) is 5. The number of amides is 2. The maximum atomic E-state index is 14.0. The smallest absolute Gasteiger partial charge is 0.240 e. The van der Waals surface area contributed by atoms with Gasteiger partial charge in [0, 0.05) is 27.4 Å². The molecule has 0 N–H and O–H groups in total. The van der Waals surface area contributed by atoms with Crippen LogP contribution in [0.1, 0.15) is 31.8 Å². The first-order valence-corrected chi connectivity index (χ1v) is 13.6. The highest BCUT2D eigenvalue weighted by molar-refractivity contribution is 9.10. The Labute approximate surface area is 234 Å². The van der Waals surface area contributed by atoms with Gasteiger partial charge in [0.2, 0.25) is 11.8 Å². The highest BCUT2D eigenvalue weighted by Gasteiger charge is 2.63. The summed E-state index contributed by atoms with van der Waals surface area (Å²) in [6.45, 7) is 3.82. The van der Waals surface area contributed by atoms with Gasteiger partial charge in [-0.2, -0.15) is 0 Å². The van der Waals surface area contributed by atoms with Gasteiger partial charge in [-0.3, -0.25) is 19.2 Å². The van der Waals surface area contributed by atoms with Crippen molar-refractivity contribution in [3.05, 3.63) is 123 Å². The number of fused-ring (bicyclic) bond motifs is 3. The molecule has 3 aliphatic heterocycles. The molecule has 0 saturated carbocycles. The van der Waals surface area contributed by atoms with Crippen molar-refractivity contribution in [3.8, 4) is 0 Å². The molecule has 194 valence electrons. The fourth-order valence-electron chi connectivity index (χ4n) is 6.03. The number of halogens is 1. The largest absolute Gasteiger partial charge is 0.359 e. The molecule has 0 spiro atoms. The molecule has 3 heterocycles. The van der Waals surface area contributed by atoms with E-state index in [0.29, 0.717) is 22.4 Å². The summed E-state index contributed by atoms with van der Waals surface area (Å²) in [5.41, 5.74) is 3.78. The summed E-state index contributed by atoms with van der Waals surface area (Å²) in [7, 11) is 0. The van der Waals surface area contributed by atoms with Crippen LogP contribution in [0.2, 0.25) is 0 Å². The molecule has 0 radical (unpaired) electrons. The molecule has 6 rings (SSSR count). The second kappa shape index (κ2) is 9.58. The number of aryl methyl sites for hydroxylation is 2. The van der Waals surface area contributed by atoms with Crippen molar-refractivity contribution in [3.63, 3.8) is 0 Å². The molecule has 0 aromatic heterocycles. The lowest BCUT2D eigenvalue weighted by Gasteiger charge is -2.33. The molecule has 3 aromatic rings. The Morgan fingerprint density at radius 1 is 0.821 bits per heavy atom. The lowest BCUT2D eigenvalue weighted by molar-refractivity contribution is -0.123. The highest BCUT2D eigenvalue weighted by Crippen LogP contribution is 2.47. The van der Waals surface area contributed by atoms with E-state index < -0.39 is 23.9 Å². The number of carbonyl (C=O) groups is 4. The van der Waals surface area contributed by atoms with Gasteiger partial charge in [0.25, 0.3) is 0 Å². The summed E-state index contributed by atoms with van der Waals surface area (Å²) in [6.07, 6.45) is 5.12. The van der Waals surface area contributed by atoms with Crippen molar-refractivity contribution in [2.75, 3.05) is 4.90 Å². The molecule has 39 heavy (non-hydrogen) atoms. The first-order valence-electron chi connectivity index (χ1n) is 12.8. The minimum absolute atomic E-state index is 0.172. The number of rotatable bonds is 5. The van der Waals surface area contributed by atoms with Crippen LogP contribution in [0.3, 0.4) is 0 Å². The Balaban J connectivity index is 1.44. The number of Topliss-reactive ketones (excluding diaryl/α,β-unsaturated/α-hetero) is 2. The number of nitrogens with zero attached hydrogens (tertiary/aromatic N) is 2. The maximum Gasteiger partial charge on any atom is 0.240 e. The zero-order chi connectivity index (χ0) is 27.4. The van der Waals surface area contributed by atoms with Crippen LogP contribution in [0, 0.1) is 25.7 Å². The number of carbonyl (C=O) groups excluding carboxylic acids is 4. The van der Waals surface area contributed by atoms with Gasteiger partial charge in [0.1, 0.15) is 6.04 Å². The Morgan fingerprint density at radius 3 is 2.21 bits per heavy atom. The minimum atomic E-state index is -0.883. The Morgan fingerprint density at radius 2 is 1.51 bits per heavy atom. The van der Waals surface area contributed by atoms with Gasteiger partial charge in [0.05, 0.1) is 23.6 Å². The summed E-state index contributed by atoms with van der Waals surface area (Å²) in [6, 6.07) is 20.0. The Bertz CT molecular complexity index is 1590. The molecule has 2 amide bonds. The molecule has 2 fully saturated rings. The lowest BCUT2D eigenvalue weighted by atomic mass is 9.85. The first-order chi connectivity index (χ1) is 18.8. The van der Waals surface area contributed by atoms with Crippen molar-refractivity contribution in [1.29, 1.82) is 0 Å². The van der Waals surface area contributed by atoms with E-state index in [9.17, 15) is 19.2 Å². The van der Waals surface area contributed by atoms with Crippen molar-refractivity contribution >= 4 is 45.0 Å². The molecule has 0 unspecified atom stereocenters. The van der Waals surface area contributed by atoms with Crippen LogP contribution in [-0.4, -0.2) is 40.4 Å². The topological polar surface area (TPSA) is 74.8 Å². The quantitative estimate of drug-likeness (QED) is 0.296. The van der Waals surface area contributed by atoms with Crippen LogP contribution < -0.4 is 4.90 Å². The van der Waals surface area contributed by atoms with E-state index in [1.54, 1.807) is 77.8 Å². The maximum absolute atomic E-state index is 14.0. The van der Waals surface area contributed by atoms with Gasteiger partial charge in [0.15, 0.2) is 11.6 Å². The van der Waals surface area contributed by atoms with Gasteiger partial charge < -0.3 is 4.90 Å². The van der Waals surface area contributed by atoms with Crippen LogP contribution in [0.25, 0.3) is 0 Å². The van der Waals surface area contributed by atoms with Crippen molar-refractivity contribution < 1.29 is 19.2 Å². The van der Waals surface area contributed by atoms with Crippen LogP contribution in [0.15, 0.2) is 101 Å². The van der Waals surface area contributed by atoms with Gasteiger partial charge in [-0.05, 0) is 43.7 Å². The van der Waals surface area contributed by atoms with E-state index in [-0.39, 0.29) is 23.4 Å². The fraction of sp³-hybridized carbons (Fsp3) is 0.188. The van der Waals surface area contributed by atoms with E-state index in [1.807, 2.05) is 32.0 Å². The predicted molar refractivity (Wildman–Crippen MR) is 151 cm³/mol. The van der Waals surface area contributed by atoms with Gasteiger partial charge in [-0.15, -0.1) is 0 Å². The Kier molecular flexibility index (Phi) is 6.19. The summed E-state index contributed by atoms with van der Waals surface area (Å²) < 4.78 is 0.833. The molecular weight excluding hydrogens is 556 g/mol. The van der Waals surface area contributed by atoms with E-state index in [2.05, 4.69) is 15.9 Å². The average molecular weight is 581 g/mol. The SMILES string of the molecule is Cc1ccc(N2C(=O)[C@@H]3[C@H](C2=O)[C@@H](C(=O)c2ccc(Br)cc2)N2C=CC(C(=O)c4ccccc4)=C[C@@H]32)c(C)c1. The molecule has 6 nitrogen and oxygen atoms in total.